The highest BCUT2D eigenvalue weighted by Crippen LogP contribution is 2.22. The average Bonchev–Trinajstić information content (AvgIpc) is 2.96. The van der Waals surface area contributed by atoms with Gasteiger partial charge in [-0.3, -0.25) is 14.4 Å². The predicted octanol–water partition coefficient (Wildman–Crippen LogP) is 1.03. The number of aliphatic carboxylic acids is 1. The molecule has 2 aromatic rings. The van der Waals surface area contributed by atoms with Crippen LogP contribution in [0.5, 0.6) is 0 Å². The molecule has 5 N–H and O–H groups in total. The van der Waals surface area contributed by atoms with Gasteiger partial charge in [0.05, 0.1) is 6.04 Å². The Morgan fingerprint density at radius 3 is 2.37 bits per heavy atom. The van der Waals surface area contributed by atoms with Gasteiger partial charge in [0.15, 0.2) is 5.78 Å². The zero-order valence-corrected chi connectivity index (χ0v) is 15.4. The maximum atomic E-state index is 12.7. The quantitative estimate of drug-likeness (QED) is 0.402. The lowest BCUT2D eigenvalue weighted by atomic mass is 9.87. The highest BCUT2D eigenvalue weighted by molar-refractivity contribution is 6.06. The molecule has 8 nitrogen and oxygen atoms in total. The third-order valence-corrected chi connectivity index (χ3v) is 4.60. The molecule has 2 rings (SSSR count). The van der Waals surface area contributed by atoms with E-state index < -0.39 is 35.7 Å². The highest BCUT2D eigenvalue weighted by Gasteiger charge is 2.37. The van der Waals surface area contributed by atoms with Crippen molar-refractivity contribution in [2.45, 2.75) is 32.9 Å². The molecule has 0 radical (unpaired) electrons. The van der Waals surface area contributed by atoms with E-state index in [9.17, 15) is 19.2 Å². The Hall–Kier alpha value is -3.00. The van der Waals surface area contributed by atoms with Gasteiger partial charge in [0.1, 0.15) is 23.9 Å². The molecule has 0 saturated carbocycles. The second-order valence-electron chi connectivity index (χ2n) is 6.79. The molecular formula is C19H23N3O5. The molecule has 0 bridgehead atoms. The minimum absolute atomic E-state index is 0.219. The van der Waals surface area contributed by atoms with E-state index >= 15 is 0 Å². The first-order valence-corrected chi connectivity index (χ1v) is 8.54. The maximum Gasteiger partial charge on any atom is 0.321 e. The van der Waals surface area contributed by atoms with Crippen molar-refractivity contribution in [2.75, 3.05) is 0 Å². The van der Waals surface area contributed by atoms with Gasteiger partial charge in [-0.25, -0.2) is 0 Å². The van der Waals surface area contributed by atoms with Crippen LogP contribution in [0.1, 0.15) is 29.9 Å². The van der Waals surface area contributed by atoms with Crippen molar-refractivity contribution < 1.29 is 24.3 Å². The summed E-state index contributed by atoms with van der Waals surface area (Å²) >= 11 is 0. The number of amides is 1. The van der Waals surface area contributed by atoms with Crippen LogP contribution in [0, 0.1) is 18.8 Å². The summed E-state index contributed by atoms with van der Waals surface area (Å²) in [5.74, 6) is -4.60. The van der Waals surface area contributed by atoms with E-state index in [0.29, 0.717) is 5.69 Å². The largest absolute Gasteiger partial charge is 0.480 e. The molecule has 0 spiro atoms. The number of aryl methyl sites for hydroxylation is 1. The first-order chi connectivity index (χ1) is 12.7. The number of hydrogen-bond acceptors (Lipinski definition) is 5. The van der Waals surface area contributed by atoms with Crippen molar-refractivity contribution >= 4 is 34.8 Å². The van der Waals surface area contributed by atoms with Gasteiger partial charge in [0.2, 0.25) is 0 Å². The van der Waals surface area contributed by atoms with Gasteiger partial charge >= 0.3 is 5.97 Å². The van der Waals surface area contributed by atoms with Crippen LogP contribution >= 0.6 is 0 Å². The molecule has 0 fully saturated rings. The average molecular weight is 373 g/mol. The summed E-state index contributed by atoms with van der Waals surface area (Å²) in [6.07, 6.45) is 0.219. The van der Waals surface area contributed by atoms with E-state index in [2.05, 4.69) is 10.3 Å². The maximum absolute atomic E-state index is 12.7. The zero-order chi connectivity index (χ0) is 20.3. The number of rotatable bonds is 8. The van der Waals surface area contributed by atoms with Crippen LogP contribution in [0.25, 0.3) is 10.9 Å². The smallest absolute Gasteiger partial charge is 0.321 e. The van der Waals surface area contributed by atoms with Gasteiger partial charge < -0.3 is 25.9 Å². The lowest BCUT2D eigenvalue weighted by molar-refractivity contribution is -0.144. The second kappa shape index (κ2) is 8.13. The van der Waals surface area contributed by atoms with Crippen LogP contribution in [-0.2, 0) is 14.4 Å². The number of carboxylic acid groups (broad SMARTS) is 1. The first kappa shape index (κ1) is 20.3. The van der Waals surface area contributed by atoms with Gasteiger partial charge in [-0.15, -0.1) is 0 Å². The topological polar surface area (TPSA) is 142 Å². The fourth-order valence-electron chi connectivity index (χ4n) is 2.98. The number of carbonyl (C=O) groups is 4. The molecule has 0 aliphatic carbocycles. The van der Waals surface area contributed by atoms with E-state index in [-0.39, 0.29) is 12.2 Å². The SMILES string of the molecule is Cc1c(C(=O)N[C@H](C(=O)[C@H](C=O)C(N)C(=O)O)C(C)C)[nH]c2ccccc12. The lowest BCUT2D eigenvalue weighted by Gasteiger charge is -2.25. The van der Waals surface area contributed by atoms with Gasteiger partial charge in [-0.1, -0.05) is 32.0 Å². The van der Waals surface area contributed by atoms with Crippen molar-refractivity contribution in [3.63, 3.8) is 0 Å². The fourth-order valence-corrected chi connectivity index (χ4v) is 2.98. The van der Waals surface area contributed by atoms with E-state index in [1.807, 2.05) is 24.3 Å². The number of aromatic nitrogens is 1. The molecule has 144 valence electrons. The van der Waals surface area contributed by atoms with Crippen LogP contribution in [0.2, 0.25) is 0 Å². The number of Topliss-reactive ketones (excluding diaryl/α,β-unsaturated/α-hetero) is 1. The van der Waals surface area contributed by atoms with Crippen molar-refractivity contribution in [3.05, 3.63) is 35.5 Å². The van der Waals surface area contributed by atoms with Crippen molar-refractivity contribution in [1.82, 2.24) is 10.3 Å². The van der Waals surface area contributed by atoms with Gasteiger partial charge in [-0.05, 0) is 24.5 Å². The number of hydrogen-bond donors (Lipinski definition) is 4. The van der Waals surface area contributed by atoms with E-state index in [1.54, 1.807) is 20.8 Å². The number of carbonyl (C=O) groups excluding carboxylic acids is 3. The van der Waals surface area contributed by atoms with Gasteiger partial charge in [0, 0.05) is 10.9 Å². The molecule has 1 aromatic carbocycles. The summed E-state index contributed by atoms with van der Waals surface area (Å²) in [7, 11) is 0. The molecule has 0 aliphatic rings. The summed E-state index contributed by atoms with van der Waals surface area (Å²) in [5, 5.41) is 12.5. The number of aldehydes is 1. The monoisotopic (exact) mass is 373 g/mol. The summed E-state index contributed by atoms with van der Waals surface area (Å²) in [5.41, 5.74) is 7.27. The van der Waals surface area contributed by atoms with Crippen LogP contribution in [-0.4, -0.2) is 46.1 Å². The molecule has 0 aliphatic heterocycles. The molecule has 1 amide bonds. The third-order valence-electron chi connectivity index (χ3n) is 4.60. The van der Waals surface area contributed by atoms with Crippen LogP contribution < -0.4 is 11.1 Å². The summed E-state index contributed by atoms with van der Waals surface area (Å²) in [6, 6.07) is 4.68. The number of nitrogens with two attached hydrogens (primary N) is 1. The first-order valence-electron chi connectivity index (χ1n) is 8.54. The molecule has 0 saturated heterocycles. The number of nitrogens with one attached hydrogen (secondary N) is 2. The Kier molecular flexibility index (Phi) is 6.12. The highest BCUT2D eigenvalue weighted by atomic mass is 16.4. The number of benzene rings is 1. The fraction of sp³-hybridized carbons (Fsp3) is 0.368. The third kappa shape index (κ3) is 4.06. The summed E-state index contributed by atoms with van der Waals surface area (Å²) in [4.78, 5) is 50.8. The van der Waals surface area contributed by atoms with Crippen LogP contribution in [0.15, 0.2) is 24.3 Å². The standard InChI is InChI=1S/C19H23N3O5/c1-9(2)15(17(24)12(8-23)14(20)19(26)27)22-18(25)16-10(3)11-6-4-5-7-13(11)21-16/h4-9,12,14-15,21H,20H2,1-3H3,(H,22,25)(H,26,27)/t12-,14?,15+/m1/s1. The van der Waals surface area contributed by atoms with Crippen molar-refractivity contribution in [2.24, 2.45) is 17.6 Å². The zero-order valence-electron chi connectivity index (χ0n) is 15.4. The lowest BCUT2D eigenvalue weighted by Crippen LogP contribution is -2.53. The number of ketones is 1. The number of fused-ring (bicyclic) bond motifs is 1. The van der Waals surface area contributed by atoms with Gasteiger partial charge in [-0.2, -0.15) is 0 Å². The number of H-pyrrole nitrogens is 1. The minimum Gasteiger partial charge on any atom is -0.480 e. The van der Waals surface area contributed by atoms with E-state index in [0.717, 1.165) is 16.5 Å². The number of para-hydroxylation sites is 1. The normalized spacial score (nSPS) is 14.6. The Bertz CT molecular complexity index is 887. The molecule has 1 heterocycles. The molecule has 8 heteroatoms. The minimum atomic E-state index is -1.66. The molecule has 1 aromatic heterocycles. The summed E-state index contributed by atoms with van der Waals surface area (Å²) in [6.45, 7) is 5.17. The Morgan fingerprint density at radius 1 is 1.22 bits per heavy atom. The van der Waals surface area contributed by atoms with E-state index in [4.69, 9.17) is 10.8 Å². The number of aromatic amines is 1. The Labute approximate surface area is 156 Å². The second-order valence-corrected chi connectivity index (χ2v) is 6.79. The summed E-state index contributed by atoms with van der Waals surface area (Å²) < 4.78 is 0. The predicted molar refractivity (Wildman–Crippen MR) is 99.3 cm³/mol. The number of carboxylic acids is 1. The van der Waals surface area contributed by atoms with E-state index in [1.165, 1.54) is 0 Å². The molecular weight excluding hydrogens is 350 g/mol. The molecule has 1 unspecified atom stereocenters. The molecule has 27 heavy (non-hydrogen) atoms. The van der Waals surface area contributed by atoms with Gasteiger partial charge in [0.25, 0.3) is 5.91 Å². The Morgan fingerprint density at radius 2 is 1.85 bits per heavy atom. The molecule has 3 atom stereocenters. The Balaban J connectivity index is 2.30. The van der Waals surface area contributed by atoms with Crippen molar-refractivity contribution in [3.8, 4) is 0 Å². The van der Waals surface area contributed by atoms with Crippen molar-refractivity contribution in [1.29, 1.82) is 0 Å². The van der Waals surface area contributed by atoms with Crippen LogP contribution in [0.4, 0.5) is 0 Å². The van der Waals surface area contributed by atoms with Crippen LogP contribution in [0.3, 0.4) is 0 Å².